The molecule has 0 spiro atoms. The van der Waals surface area contributed by atoms with Gasteiger partial charge >= 0.3 is 0 Å². The molecule has 2 aromatic carbocycles. The zero-order chi connectivity index (χ0) is 20.1. The van der Waals surface area contributed by atoms with Crippen molar-refractivity contribution in [2.45, 2.75) is 32.4 Å². The fourth-order valence-electron chi connectivity index (χ4n) is 3.85. The van der Waals surface area contributed by atoms with Crippen molar-refractivity contribution in [1.82, 2.24) is 4.90 Å². The monoisotopic (exact) mass is 406 g/mol. The molecule has 2 heterocycles. The normalized spacial score (nSPS) is 13.7. The Kier molecular flexibility index (Phi) is 6.27. The van der Waals surface area contributed by atoms with Gasteiger partial charge in [0.05, 0.1) is 7.11 Å². The molecule has 0 bridgehead atoms. The molecule has 29 heavy (non-hydrogen) atoms. The lowest BCUT2D eigenvalue weighted by Gasteiger charge is -2.29. The van der Waals surface area contributed by atoms with Crippen LogP contribution in [0.5, 0.6) is 5.75 Å². The van der Waals surface area contributed by atoms with Crippen molar-refractivity contribution in [2.24, 2.45) is 0 Å². The van der Waals surface area contributed by atoms with E-state index in [1.54, 1.807) is 18.4 Å². The topological polar surface area (TPSA) is 41.6 Å². The fourth-order valence-corrected chi connectivity index (χ4v) is 4.51. The van der Waals surface area contributed by atoms with E-state index in [0.29, 0.717) is 12.8 Å². The van der Waals surface area contributed by atoms with E-state index >= 15 is 0 Å². The molecule has 0 fully saturated rings. The molecule has 1 aromatic heterocycles. The molecule has 1 aliphatic heterocycles. The quantitative estimate of drug-likeness (QED) is 0.608. The second-order valence-corrected chi connectivity index (χ2v) is 8.22. The van der Waals surface area contributed by atoms with E-state index in [1.165, 1.54) is 16.7 Å². The van der Waals surface area contributed by atoms with Crippen molar-refractivity contribution in [3.8, 4) is 5.75 Å². The molecule has 0 radical (unpaired) electrons. The van der Waals surface area contributed by atoms with Gasteiger partial charge in [-0.3, -0.25) is 9.69 Å². The van der Waals surface area contributed by atoms with Gasteiger partial charge in [0.15, 0.2) is 0 Å². The Bertz CT molecular complexity index is 969. The summed E-state index contributed by atoms with van der Waals surface area (Å²) in [5.41, 5.74) is 6.01. The largest absolute Gasteiger partial charge is 0.496 e. The van der Waals surface area contributed by atoms with Crippen LogP contribution in [-0.2, 0) is 30.7 Å². The van der Waals surface area contributed by atoms with Gasteiger partial charge in [-0.2, -0.15) is 11.3 Å². The molecule has 0 saturated carbocycles. The van der Waals surface area contributed by atoms with Crippen LogP contribution in [0, 0.1) is 0 Å². The van der Waals surface area contributed by atoms with E-state index in [0.717, 1.165) is 43.1 Å². The number of rotatable bonds is 7. The van der Waals surface area contributed by atoms with Gasteiger partial charge in [-0.25, -0.2) is 0 Å². The summed E-state index contributed by atoms with van der Waals surface area (Å²) in [6, 6.07) is 16.4. The third kappa shape index (κ3) is 5.05. The summed E-state index contributed by atoms with van der Waals surface area (Å²) >= 11 is 1.75. The van der Waals surface area contributed by atoms with Crippen molar-refractivity contribution in [1.29, 1.82) is 0 Å². The molecule has 1 aliphatic rings. The average molecular weight is 407 g/mol. The smallest absolute Gasteiger partial charge is 0.224 e. The first-order valence-corrected chi connectivity index (χ1v) is 10.9. The predicted octanol–water partition coefficient (Wildman–Crippen LogP) is 4.89. The van der Waals surface area contributed by atoms with Crippen LogP contribution in [0.3, 0.4) is 0 Å². The number of carbonyl (C=O) groups is 1. The summed E-state index contributed by atoms with van der Waals surface area (Å²) in [5.74, 6) is 0.863. The average Bonchev–Trinajstić information content (AvgIpc) is 3.25. The molecule has 3 aromatic rings. The first-order chi connectivity index (χ1) is 14.2. The summed E-state index contributed by atoms with van der Waals surface area (Å²) in [6.45, 7) is 2.99. The first kappa shape index (κ1) is 19.7. The van der Waals surface area contributed by atoms with E-state index in [1.807, 2.05) is 30.3 Å². The number of ether oxygens (including phenoxy) is 1. The Morgan fingerprint density at radius 2 is 2.07 bits per heavy atom. The molecule has 0 atom stereocenters. The highest BCUT2D eigenvalue weighted by atomic mass is 32.1. The number of nitrogens with zero attached hydrogens (tertiary/aromatic N) is 1. The Morgan fingerprint density at radius 3 is 2.90 bits per heavy atom. The molecule has 4 rings (SSSR count). The van der Waals surface area contributed by atoms with E-state index in [4.69, 9.17) is 4.74 Å². The number of methoxy groups -OCH3 is 1. The highest BCUT2D eigenvalue weighted by Crippen LogP contribution is 2.25. The Hall–Kier alpha value is -2.63. The highest BCUT2D eigenvalue weighted by molar-refractivity contribution is 7.07. The Morgan fingerprint density at radius 1 is 1.17 bits per heavy atom. The van der Waals surface area contributed by atoms with Gasteiger partial charge in [-0.05, 0) is 70.1 Å². The van der Waals surface area contributed by atoms with Crippen molar-refractivity contribution < 1.29 is 9.53 Å². The number of hydrogen-bond acceptors (Lipinski definition) is 4. The van der Waals surface area contributed by atoms with Crippen LogP contribution < -0.4 is 10.1 Å². The summed E-state index contributed by atoms with van der Waals surface area (Å²) < 4.78 is 5.37. The zero-order valence-electron chi connectivity index (χ0n) is 16.7. The number of para-hydroxylation sites is 1. The standard InChI is InChI=1S/C24H26N2O2S/c1-28-23-5-3-2-4-20(23)7-9-24(27)25-22-8-6-19-10-12-26(16-21(19)14-22)15-18-11-13-29-17-18/h2-6,8,11,13-14,17H,7,9-10,12,15-16H2,1H3,(H,25,27). The van der Waals surface area contributed by atoms with Crippen LogP contribution in [0.1, 0.15) is 28.7 Å². The van der Waals surface area contributed by atoms with Crippen molar-refractivity contribution in [3.05, 3.63) is 81.5 Å². The maximum atomic E-state index is 12.5. The van der Waals surface area contributed by atoms with Gasteiger partial charge in [0, 0.05) is 31.7 Å². The minimum absolute atomic E-state index is 0.0294. The highest BCUT2D eigenvalue weighted by Gasteiger charge is 2.17. The number of amides is 1. The molecular weight excluding hydrogens is 380 g/mol. The minimum atomic E-state index is 0.0294. The Balaban J connectivity index is 1.35. The molecule has 4 nitrogen and oxygen atoms in total. The number of hydrogen-bond donors (Lipinski definition) is 1. The summed E-state index contributed by atoms with van der Waals surface area (Å²) in [5, 5.41) is 7.41. The number of fused-ring (bicyclic) bond motifs is 1. The van der Waals surface area contributed by atoms with Gasteiger partial charge in [0.2, 0.25) is 5.91 Å². The number of anilines is 1. The van der Waals surface area contributed by atoms with Crippen molar-refractivity contribution in [2.75, 3.05) is 19.0 Å². The summed E-state index contributed by atoms with van der Waals surface area (Å²) in [7, 11) is 1.66. The number of benzene rings is 2. The molecule has 0 saturated heterocycles. The molecule has 1 N–H and O–H groups in total. The van der Waals surface area contributed by atoms with Crippen LogP contribution in [0.25, 0.3) is 0 Å². The van der Waals surface area contributed by atoms with Crippen molar-refractivity contribution in [3.63, 3.8) is 0 Å². The van der Waals surface area contributed by atoms with Crippen LogP contribution in [-0.4, -0.2) is 24.5 Å². The predicted molar refractivity (Wildman–Crippen MR) is 119 cm³/mol. The molecular formula is C24H26N2O2S. The van der Waals surface area contributed by atoms with E-state index in [2.05, 4.69) is 39.2 Å². The van der Waals surface area contributed by atoms with E-state index in [9.17, 15) is 4.79 Å². The Labute approximate surface area is 176 Å². The number of nitrogens with one attached hydrogen (secondary N) is 1. The fraction of sp³-hybridized carbons (Fsp3) is 0.292. The summed E-state index contributed by atoms with van der Waals surface area (Å²) in [4.78, 5) is 14.9. The van der Waals surface area contributed by atoms with Gasteiger partial charge in [-0.15, -0.1) is 0 Å². The zero-order valence-corrected chi connectivity index (χ0v) is 17.5. The third-order valence-corrected chi connectivity index (χ3v) is 6.11. The van der Waals surface area contributed by atoms with Gasteiger partial charge in [0.1, 0.15) is 5.75 Å². The molecule has 0 unspecified atom stereocenters. The van der Waals surface area contributed by atoms with Crippen LogP contribution in [0.15, 0.2) is 59.3 Å². The van der Waals surface area contributed by atoms with Gasteiger partial charge in [-0.1, -0.05) is 24.3 Å². The lowest BCUT2D eigenvalue weighted by atomic mass is 9.98. The van der Waals surface area contributed by atoms with Gasteiger partial charge in [0.25, 0.3) is 0 Å². The second kappa shape index (κ2) is 9.25. The van der Waals surface area contributed by atoms with Gasteiger partial charge < -0.3 is 10.1 Å². The van der Waals surface area contributed by atoms with E-state index in [-0.39, 0.29) is 5.91 Å². The van der Waals surface area contributed by atoms with Crippen LogP contribution in [0.2, 0.25) is 0 Å². The maximum absolute atomic E-state index is 12.5. The van der Waals surface area contributed by atoms with Crippen LogP contribution >= 0.6 is 11.3 Å². The lowest BCUT2D eigenvalue weighted by Crippen LogP contribution is -2.30. The first-order valence-electron chi connectivity index (χ1n) is 9.98. The second-order valence-electron chi connectivity index (χ2n) is 7.44. The van der Waals surface area contributed by atoms with E-state index < -0.39 is 0 Å². The molecule has 1 amide bonds. The molecule has 5 heteroatoms. The summed E-state index contributed by atoms with van der Waals surface area (Å²) in [6.07, 6.45) is 2.15. The molecule has 150 valence electrons. The molecule has 0 aliphatic carbocycles. The lowest BCUT2D eigenvalue weighted by molar-refractivity contribution is -0.116. The minimum Gasteiger partial charge on any atom is -0.496 e. The SMILES string of the molecule is COc1ccccc1CCC(=O)Nc1ccc2c(c1)CN(Cc1ccsc1)CC2. The third-order valence-electron chi connectivity index (χ3n) is 5.38. The maximum Gasteiger partial charge on any atom is 0.224 e. The van der Waals surface area contributed by atoms with Crippen molar-refractivity contribution >= 4 is 22.9 Å². The van der Waals surface area contributed by atoms with Crippen LogP contribution in [0.4, 0.5) is 5.69 Å². The number of thiophene rings is 1. The number of aryl methyl sites for hydroxylation is 1. The number of carbonyl (C=O) groups excluding carboxylic acids is 1.